The summed E-state index contributed by atoms with van der Waals surface area (Å²) < 4.78 is 14.9. The summed E-state index contributed by atoms with van der Waals surface area (Å²) >= 11 is 0. The van der Waals surface area contributed by atoms with Gasteiger partial charge in [0.2, 0.25) is 0 Å². The maximum atomic E-state index is 13.1. The van der Waals surface area contributed by atoms with Gasteiger partial charge in [-0.1, -0.05) is 12.8 Å². The number of hydrogen-bond donors (Lipinski definition) is 2. The molecule has 2 heterocycles. The van der Waals surface area contributed by atoms with E-state index in [2.05, 4.69) is 27.6 Å². The number of nitrogens with one attached hydrogen (secondary N) is 2. The molecular formula is C24H36FIN6. The van der Waals surface area contributed by atoms with Crippen molar-refractivity contribution in [2.24, 2.45) is 4.99 Å². The van der Waals surface area contributed by atoms with Crippen molar-refractivity contribution in [3.8, 4) is 5.69 Å². The number of halogens is 2. The van der Waals surface area contributed by atoms with Crippen LogP contribution in [0.5, 0.6) is 0 Å². The molecule has 0 spiro atoms. The van der Waals surface area contributed by atoms with Crippen molar-refractivity contribution in [3.05, 3.63) is 48.0 Å². The second-order valence-electron chi connectivity index (χ2n) is 8.63. The first-order chi connectivity index (χ1) is 15.2. The first kappa shape index (κ1) is 25.0. The van der Waals surface area contributed by atoms with Gasteiger partial charge in [-0.05, 0) is 62.9 Å². The lowest BCUT2D eigenvalue weighted by Gasteiger charge is -2.36. The van der Waals surface area contributed by atoms with Crippen LogP contribution in [0.15, 0.2) is 41.5 Å². The van der Waals surface area contributed by atoms with Crippen molar-refractivity contribution >= 4 is 29.9 Å². The summed E-state index contributed by atoms with van der Waals surface area (Å²) in [6, 6.07) is 9.69. The highest BCUT2D eigenvalue weighted by Gasteiger charge is 2.27. The largest absolute Gasteiger partial charge is 0.357 e. The lowest BCUT2D eigenvalue weighted by molar-refractivity contribution is 0.150. The zero-order chi connectivity index (χ0) is 21.5. The number of hydrogen-bond acceptors (Lipinski definition) is 3. The number of aromatic nitrogens is 2. The third-order valence-corrected chi connectivity index (χ3v) is 6.43. The van der Waals surface area contributed by atoms with E-state index in [1.165, 1.54) is 63.7 Å². The third-order valence-electron chi connectivity index (χ3n) is 6.43. The van der Waals surface area contributed by atoms with E-state index in [0.29, 0.717) is 12.6 Å². The Balaban J connectivity index is 0.00000289. The minimum absolute atomic E-state index is 0. The van der Waals surface area contributed by atoms with Crippen LogP contribution >= 0.6 is 24.0 Å². The maximum absolute atomic E-state index is 13.1. The number of piperidine rings is 1. The molecule has 2 aliphatic rings. The van der Waals surface area contributed by atoms with Gasteiger partial charge >= 0.3 is 0 Å². The van der Waals surface area contributed by atoms with Gasteiger partial charge in [0.25, 0.3) is 0 Å². The lowest BCUT2D eigenvalue weighted by atomic mass is 10.0. The van der Waals surface area contributed by atoms with Crippen LogP contribution in [0.3, 0.4) is 0 Å². The minimum atomic E-state index is -0.238. The highest BCUT2D eigenvalue weighted by molar-refractivity contribution is 14.0. The maximum Gasteiger partial charge on any atom is 0.191 e. The van der Waals surface area contributed by atoms with Crippen molar-refractivity contribution < 1.29 is 4.39 Å². The van der Waals surface area contributed by atoms with Crippen molar-refractivity contribution in [2.75, 3.05) is 26.2 Å². The van der Waals surface area contributed by atoms with Crippen LogP contribution in [0.4, 0.5) is 4.39 Å². The van der Waals surface area contributed by atoms with E-state index in [1.54, 1.807) is 16.8 Å². The van der Waals surface area contributed by atoms with Crippen LogP contribution in [0.1, 0.15) is 51.1 Å². The molecule has 2 fully saturated rings. The molecule has 0 amide bonds. The van der Waals surface area contributed by atoms with Gasteiger partial charge < -0.3 is 15.5 Å². The molecule has 2 aromatic rings. The molecule has 2 N–H and O–H groups in total. The number of rotatable bonds is 7. The Morgan fingerprint density at radius 3 is 2.50 bits per heavy atom. The van der Waals surface area contributed by atoms with Gasteiger partial charge in [-0.3, -0.25) is 4.99 Å². The molecule has 1 aromatic heterocycles. The molecule has 0 atom stereocenters. The molecule has 0 bridgehead atoms. The number of nitrogens with zero attached hydrogens (tertiary/aromatic N) is 4. The van der Waals surface area contributed by atoms with E-state index in [0.717, 1.165) is 36.3 Å². The first-order valence-electron chi connectivity index (χ1n) is 11.8. The van der Waals surface area contributed by atoms with Crippen molar-refractivity contribution in [1.29, 1.82) is 0 Å². The molecular weight excluding hydrogens is 518 g/mol. The van der Waals surface area contributed by atoms with Gasteiger partial charge in [0.1, 0.15) is 5.82 Å². The quantitative estimate of drug-likeness (QED) is 0.307. The molecule has 0 radical (unpaired) electrons. The smallest absolute Gasteiger partial charge is 0.191 e. The Kier molecular flexibility index (Phi) is 9.77. The Morgan fingerprint density at radius 2 is 1.81 bits per heavy atom. The molecule has 8 heteroatoms. The normalized spacial score (nSPS) is 18.5. The summed E-state index contributed by atoms with van der Waals surface area (Å²) in [5.41, 5.74) is 1.84. The fraction of sp³-hybridized carbons (Fsp3) is 0.583. The van der Waals surface area contributed by atoms with Gasteiger partial charge in [0.15, 0.2) is 5.96 Å². The molecule has 4 rings (SSSR count). The molecule has 1 aliphatic heterocycles. The van der Waals surface area contributed by atoms with Crippen LogP contribution in [-0.4, -0.2) is 58.9 Å². The fourth-order valence-electron chi connectivity index (χ4n) is 4.71. The summed E-state index contributed by atoms with van der Waals surface area (Å²) in [5, 5.41) is 11.6. The minimum Gasteiger partial charge on any atom is -0.357 e. The molecule has 1 saturated carbocycles. The van der Waals surface area contributed by atoms with Crippen molar-refractivity contribution in [1.82, 2.24) is 25.3 Å². The van der Waals surface area contributed by atoms with Crippen LogP contribution in [-0.2, 0) is 6.42 Å². The molecule has 1 saturated heterocycles. The van der Waals surface area contributed by atoms with E-state index in [-0.39, 0.29) is 29.8 Å². The van der Waals surface area contributed by atoms with E-state index in [4.69, 9.17) is 4.99 Å². The predicted molar refractivity (Wildman–Crippen MR) is 139 cm³/mol. The van der Waals surface area contributed by atoms with Gasteiger partial charge in [-0.15, -0.1) is 24.0 Å². The average molecular weight is 554 g/mol. The average Bonchev–Trinajstić information content (AvgIpc) is 3.48. The second kappa shape index (κ2) is 12.5. The highest BCUT2D eigenvalue weighted by atomic mass is 127. The van der Waals surface area contributed by atoms with Crippen LogP contribution in [0.2, 0.25) is 0 Å². The van der Waals surface area contributed by atoms with Crippen LogP contribution in [0.25, 0.3) is 5.69 Å². The molecule has 1 aromatic carbocycles. The molecule has 0 unspecified atom stereocenters. The van der Waals surface area contributed by atoms with Gasteiger partial charge in [-0.2, -0.15) is 5.10 Å². The molecule has 32 heavy (non-hydrogen) atoms. The third kappa shape index (κ3) is 6.91. The van der Waals surface area contributed by atoms with E-state index >= 15 is 0 Å². The second-order valence-corrected chi connectivity index (χ2v) is 8.63. The standard InChI is InChI=1S/C24H35FN6.HI/c1-2-26-24(28-20-12-16-30(17-13-20)22-5-3-4-6-22)27-15-11-21-14-18-31(29-21)23-9-7-19(25)8-10-23;/h7-10,14,18,20,22H,2-6,11-13,15-17H2,1H3,(H2,26,27,28);1H. The highest BCUT2D eigenvalue weighted by Crippen LogP contribution is 2.26. The molecule has 176 valence electrons. The zero-order valence-corrected chi connectivity index (χ0v) is 21.3. The lowest BCUT2D eigenvalue weighted by Crippen LogP contribution is -2.50. The van der Waals surface area contributed by atoms with Crippen molar-refractivity contribution in [2.45, 2.75) is 64.0 Å². The van der Waals surface area contributed by atoms with Crippen molar-refractivity contribution in [3.63, 3.8) is 0 Å². The Hall–Kier alpha value is -1.68. The van der Waals surface area contributed by atoms with E-state index in [9.17, 15) is 4.39 Å². The predicted octanol–water partition coefficient (Wildman–Crippen LogP) is 4.13. The SMILES string of the molecule is CCNC(=NCCc1ccn(-c2ccc(F)cc2)n1)NC1CCN(C2CCCC2)CC1.I. The monoisotopic (exact) mass is 554 g/mol. The van der Waals surface area contributed by atoms with Gasteiger partial charge in [-0.25, -0.2) is 9.07 Å². The summed E-state index contributed by atoms with van der Waals surface area (Å²) in [7, 11) is 0. The summed E-state index contributed by atoms with van der Waals surface area (Å²) in [6.45, 7) is 6.03. The zero-order valence-electron chi connectivity index (χ0n) is 19.0. The summed E-state index contributed by atoms with van der Waals surface area (Å²) in [6.07, 6.45) is 10.6. The summed E-state index contributed by atoms with van der Waals surface area (Å²) in [4.78, 5) is 7.48. The Morgan fingerprint density at radius 1 is 1.09 bits per heavy atom. The number of guanidine groups is 1. The number of aliphatic imine (C=N–C) groups is 1. The van der Waals surface area contributed by atoms with Crippen LogP contribution < -0.4 is 10.6 Å². The first-order valence-corrected chi connectivity index (χ1v) is 11.8. The van der Waals surface area contributed by atoms with Crippen LogP contribution in [0, 0.1) is 5.82 Å². The van der Waals surface area contributed by atoms with Gasteiger partial charge in [0.05, 0.1) is 11.4 Å². The topological polar surface area (TPSA) is 57.5 Å². The summed E-state index contributed by atoms with van der Waals surface area (Å²) in [5.74, 6) is 0.665. The molecule has 6 nitrogen and oxygen atoms in total. The molecule has 1 aliphatic carbocycles. The van der Waals surface area contributed by atoms with E-state index < -0.39 is 0 Å². The van der Waals surface area contributed by atoms with Gasteiger partial charge in [0, 0.05) is 50.9 Å². The van der Waals surface area contributed by atoms with E-state index in [1.807, 2.05) is 12.3 Å². The Bertz CT molecular complexity index is 838. The number of benzene rings is 1. The fourth-order valence-corrected chi connectivity index (χ4v) is 4.71. The Labute approximate surface area is 208 Å². The number of likely N-dealkylation sites (tertiary alicyclic amines) is 1.